The van der Waals surface area contributed by atoms with Crippen molar-refractivity contribution in [2.24, 2.45) is 0 Å². The second kappa shape index (κ2) is 4.46. The third kappa shape index (κ3) is 2.26. The highest BCUT2D eigenvalue weighted by molar-refractivity contribution is 5.09. The third-order valence-electron chi connectivity index (χ3n) is 1.82. The van der Waals surface area contributed by atoms with Gasteiger partial charge in [-0.1, -0.05) is 0 Å². The molecule has 2 N–H and O–H groups in total. The van der Waals surface area contributed by atoms with Crippen LogP contribution in [0.25, 0.3) is 0 Å². The molecule has 1 heterocycles. The van der Waals surface area contributed by atoms with E-state index in [1.807, 2.05) is 0 Å². The average molecular weight is 212 g/mol. The van der Waals surface area contributed by atoms with Gasteiger partial charge in [-0.3, -0.25) is 14.3 Å². The van der Waals surface area contributed by atoms with Crippen LogP contribution in [0.2, 0.25) is 0 Å². The van der Waals surface area contributed by atoms with Crippen LogP contribution in [0.3, 0.4) is 0 Å². The first-order valence-electron chi connectivity index (χ1n) is 4.23. The molecule has 0 fully saturated rings. The maximum absolute atomic E-state index is 12.9. The maximum atomic E-state index is 12.9. The molecule has 0 spiro atoms. The Morgan fingerprint density at radius 2 is 2.20 bits per heavy atom. The van der Waals surface area contributed by atoms with Crippen molar-refractivity contribution in [3.63, 3.8) is 0 Å². The number of hydrogen-bond donors (Lipinski definition) is 2. The first-order valence-corrected chi connectivity index (χ1v) is 4.23. The fourth-order valence-corrected chi connectivity index (χ4v) is 1.08. The molecule has 1 rings (SSSR count). The minimum Gasteiger partial charge on any atom is -0.492 e. The summed E-state index contributed by atoms with van der Waals surface area (Å²) in [5.74, 6) is 0.0171. The Morgan fingerprint density at radius 3 is 2.80 bits per heavy atom. The van der Waals surface area contributed by atoms with Crippen LogP contribution in [0.1, 0.15) is 12.8 Å². The van der Waals surface area contributed by atoms with Crippen molar-refractivity contribution in [3.8, 4) is 18.2 Å². The molecule has 0 aliphatic carbocycles. The molecular formula is C9H9FN2O3. The SMILES string of the molecule is C#CCCCn1c(O)c(F)c(=O)[nH]c1=O. The van der Waals surface area contributed by atoms with Crippen LogP contribution in [-0.2, 0) is 6.54 Å². The second-order valence-corrected chi connectivity index (χ2v) is 2.86. The van der Waals surface area contributed by atoms with E-state index in [1.165, 1.54) is 0 Å². The van der Waals surface area contributed by atoms with Gasteiger partial charge in [0.2, 0.25) is 11.7 Å². The van der Waals surface area contributed by atoms with E-state index < -0.39 is 22.9 Å². The van der Waals surface area contributed by atoms with Crippen molar-refractivity contribution in [1.29, 1.82) is 0 Å². The highest BCUT2D eigenvalue weighted by Crippen LogP contribution is 2.08. The van der Waals surface area contributed by atoms with E-state index in [1.54, 1.807) is 4.98 Å². The Morgan fingerprint density at radius 1 is 1.53 bits per heavy atom. The summed E-state index contributed by atoms with van der Waals surface area (Å²) in [6, 6.07) is 0. The molecule has 0 aromatic carbocycles. The lowest BCUT2D eigenvalue weighted by Crippen LogP contribution is -2.31. The third-order valence-corrected chi connectivity index (χ3v) is 1.82. The molecule has 6 heteroatoms. The fraction of sp³-hybridized carbons (Fsp3) is 0.333. The van der Waals surface area contributed by atoms with Crippen molar-refractivity contribution < 1.29 is 9.50 Å². The molecule has 0 aliphatic rings. The van der Waals surface area contributed by atoms with Crippen LogP contribution in [0.5, 0.6) is 5.88 Å². The largest absolute Gasteiger partial charge is 0.492 e. The summed E-state index contributed by atoms with van der Waals surface area (Å²) in [6.45, 7) is 0.0581. The summed E-state index contributed by atoms with van der Waals surface area (Å²) in [4.78, 5) is 23.6. The van der Waals surface area contributed by atoms with Crippen LogP contribution >= 0.6 is 0 Å². The Hall–Kier alpha value is -2.03. The summed E-state index contributed by atoms with van der Waals surface area (Å²) in [7, 11) is 0. The number of nitrogens with one attached hydrogen (secondary N) is 1. The van der Waals surface area contributed by atoms with Gasteiger partial charge in [-0.25, -0.2) is 4.79 Å². The fourth-order valence-electron chi connectivity index (χ4n) is 1.08. The van der Waals surface area contributed by atoms with Gasteiger partial charge in [0, 0.05) is 13.0 Å². The van der Waals surface area contributed by atoms with Gasteiger partial charge in [-0.05, 0) is 6.42 Å². The predicted octanol–water partition coefficient (Wildman–Crippen LogP) is -0.205. The number of H-pyrrole nitrogens is 1. The molecule has 80 valence electrons. The van der Waals surface area contributed by atoms with Crippen LogP contribution in [0.4, 0.5) is 4.39 Å². The van der Waals surface area contributed by atoms with Crippen molar-refractivity contribution in [3.05, 3.63) is 26.7 Å². The molecule has 0 bridgehead atoms. The van der Waals surface area contributed by atoms with Gasteiger partial charge in [-0.2, -0.15) is 4.39 Å². The van der Waals surface area contributed by atoms with Gasteiger partial charge in [0.25, 0.3) is 5.56 Å². The number of hydrogen-bond acceptors (Lipinski definition) is 3. The summed E-state index contributed by atoms with van der Waals surface area (Å²) in [6.07, 6.45) is 5.80. The molecule has 0 amide bonds. The lowest BCUT2D eigenvalue weighted by Gasteiger charge is -2.06. The Bertz CT molecular complexity index is 510. The van der Waals surface area contributed by atoms with E-state index in [0.717, 1.165) is 4.57 Å². The summed E-state index contributed by atoms with van der Waals surface area (Å²) in [5, 5.41) is 9.17. The van der Waals surface area contributed by atoms with Crippen molar-refractivity contribution in [2.75, 3.05) is 0 Å². The molecule has 1 aromatic heterocycles. The lowest BCUT2D eigenvalue weighted by molar-refractivity contribution is 0.358. The molecule has 5 nitrogen and oxygen atoms in total. The van der Waals surface area contributed by atoms with Gasteiger partial charge >= 0.3 is 5.69 Å². The van der Waals surface area contributed by atoms with E-state index in [0.29, 0.717) is 12.8 Å². The zero-order chi connectivity index (χ0) is 11.4. The van der Waals surface area contributed by atoms with Gasteiger partial charge in [-0.15, -0.1) is 12.3 Å². The number of aromatic hydroxyl groups is 1. The predicted molar refractivity (Wildman–Crippen MR) is 51.0 cm³/mol. The zero-order valence-corrected chi connectivity index (χ0v) is 7.79. The molecule has 0 radical (unpaired) electrons. The van der Waals surface area contributed by atoms with Crippen molar-refractivity contribution in [1.82, 2.24) is 9.55 Å². The van der Waals surface area contributed by atoms with E-state index in [9.17, 15) is 19.1 Å². The van der Waals surface area contributed by atoms with Crippen LogP contribution in [0, 0.1) is 18.2 Å². The van der Waals surface area contributed by atoms with Crippen molar-refractivity contribution in [2.45, 2.75) is 19.4 Å². The van der Waals surface area contributed by atoms with Gasteiger partial charge < -0.3 is 5.11 Å². The standard InChI is InChI=1S/C9H9FN2O3/c1-2-3-4-5-12-8(14)6(10)7(13)11-9(12)15/h1,14H,3-5H2,(H,11,13,15). The second-order valence-electron chi connectivity index (χ2n) is 2.86. The minimum atomic E-state index is -1.37. The molecular weight excluding hydrogens is 203 g/mol. The van der Waals surface area contributed by atoms with Crippen LogP contribution in [-0.4, -0.2) is 14.7 Å². The Labute approximate surface area is 84.2 Å². The molecule has 15 heavy (non-hydrogen) atoms. The quantitative estimate of drug-likeness (QED) is 0.538. The summed E-state index contributed by atoms with van der Waals surface area (Å²) >= 11 is 0. The Kier molecular flexibility index (Phi) is 3.29. The van der Waals surface area contributed by atoms with Crippen molar-refractivity contribution >= 4 is 0 Å². The van der Waals surface area contributed by atoms with Gasteiger partial charge in [0.1, 0.15) is 0 Å². The van der Waals surface area contributed by atoms with Gasteiger partial charge in [0.15, 0.2) is 0 Å². The molecule has 0 atom stereocenters. The maximum Gasteiger partial charge on any atom is 0.331 e. The topological polar surface area (TPSA) is 75.1 Å². The van der Waals surface area contributed by atoms with Gasteiger partial charge in [0.05, 0.1) is 0 Å². The molecule has 1 aromatic rings. The monoisotopic (exact) mass is 212 g/mol. The molecule has 0 unspecified atom stereocenters. The van der Waals surface area contributed by atoms with E-state index in [2.05, 4.69) is 5.92 Å². The number of aromatic amines is 1. The average Bonchev–Trinajstić information content (AvgIpc) is 2.20. The summed E-state index contributed by atoms with van der Waals surface area (Å²) < 4.78 is 13.6. The molecule has 0 saturated heterocycles. The first kappa shape index (κ1) is 11.0. The van der Waals surface area contributed by atoms with E-state index in [-0.39, 0.29) is 6.54 Å². The number of unbranched alkanes of at least 4 members (excludes halogenated alkanes) is 1. The molecule has 0 aliphatic heterocycles. The highest BCUT2D eigenvalue weighted by Gasteiger charge is 2.12. The molecule has 0 saturated carbocycles. The smallest absolute Gasteiger partial charge is 0.331 e. The lowest BCUT2D eigenvalue weighted by atomic mass is 10.3. The first-order chi connectivity index (χ1) is 7.07. The van der Waals surface area contributed by atoms with E-state index in [4.69, 9.17) is 6.42 Å². The van der Waals surface area contributed by atoms with E-state index >= 15 is 0 Å². The summed E-state index contributed by atoms with van der Waals surface area (Å²) in [5.41, 5.74) is -2.08. The number of nitrogens with zero attached hydrogens (tertiary/aromatic N) is 1. The highest BCUT2D eigenvalue weighted by atomic mass is 19.1. The van der Waals surface area contributed by atoms with Crippen LogP contribution in [0.15, 0.2) is 9.59 Å². The normalized spacial score (nSPS) is 9.87. The van der Waals surface area contributed by atoms with Crippen LogP contribution < -0.4 is 11.2 Å². The number of terminal acetylenes is 1. The number of halogens is 1. The number of rotatable bonds is 3. The minimum absolute atomic E-state index is 0.0581. The Balaban J connectivity index is 3.09. The number of aromatic nitrogens is 2. The zero-order valence-electron chi connectivity index (χ0n) is 7.79.